The summed E-state index contributed by atoms with van der Waals surface area (Å²) in [6, 6.07) is 10.9. The number of ether oxygens (including phenoxy) is 3. The molecule has 0 aliphatic carbocycles. The van der Waals surface area contributed by atoms with Crippen molar-refractivity contribution in [2.75, 3.05) is 25.3 Å². The second-order valence-corrected chi connectivity index (χ2v) is 5.54. The summed E-state index contributed by atoms with van der Waals surface area (Å²) in [5.41, 5.74) is 3.05. The molecule has 0 radical (unpaired) electrons. The number of carbonyl (C=O) groups is 1. The number of fused-ring (bicyclic) bond motifs is 1. The number of urea groups is 1. The summed E-state index contributed by atoms with van der Waals surface area (Å²) in [6.45, 7) is 5.11. The minimum atomic E-state index is -0.294. The van der Waals surface area contributed by atoms with E-state index in [1.807, 2.05) is 25.1 Å². The fourth-order valence-corrected chi connectivity index (χ4v) is 2.29. The Morgan fingerprint density at radius 1 is 1.08 bits per heavy atom. The van der Waals surface area contributed by atoms with Crippen molar-refractivity contribution in [1.29, 1.82) is 0 Å². The first-order valence-corrected chi connectivity index (χ1v) is 7.76. The Balaban J connectivity index is 1.42. The van der Waals surface area contributed by atoms with Crippen molar-refractivity contribution in [2.45, 2.75) is 13.8 Å². The highest BCUT2D eigenvalue weighted by atomic mass is 16.7. The maximum atomic E-state index is 11.9. The molecule has 3 rings (SSSR count). The van der Waals surface area contributed by atoms with Crippen LogP contribution < -0.4 is 24.8 Å². The zero-order valence-corrected chi connectivity index (χ0v) is 13.7. The van der Waals surface area contributed by atoms with E-state index in [9.17, 15) is 4.79 Å². The number of amides is 2. The predicted octanol–water partition coefficient (Wildman–Crippen LogP) is 3.23. The summed E-state index contributed by atoms with van der Waals surface area (Å²) in [7, 11) is 0. The molecule has 2 aromatic rings. The van der Waals surface area contributed by atoms with Gasteiger partial charge >= 0.3 is 6.03 Å². The zero-order valence-electron chi connectivity index (χ0n) is 13.7. The Bertz CT molecular complexity index is 746. The molecule has 0 aromatic heterocycles. The predicted molar refractivity (Wildman–Crippen MR) is 91.0 cm³/mol. The lowest BCUT2D eigenvalue weighted by Gasteiger charge is -2.10. The van der Waals surface area contributed by atoms with E-state index in [0.29, 0.717) is 30.3 Å². The van der Waals surface area contributed by atoms with E-state index in [0.717, 1.165) is 5.75 Å². The van der Waals surface area contributed by atoms with Crippen molar-refractivity contribution in [3.05, 3.63) is 47.5 Å². The van der Waals surface area contributed by atoms with Gasteiger partial charge in [-0.2, -0.15) is 0 Å². The normalized spacial score (nSPS) is 11.9. The Morgan fingerprint density at radius 3 is 2.75 bits per heavy atom. The van der Waals surface area contributed by atoms with E-state index in [1.54, 1.807) is 18.2 Å². The maximum absolute atomic E-state index is 11.9. The molecule has 2 amide bonds. The van der Waals surface area contributed by atoms with Crippen LogP contribution >= 0.6 is 0 Å². The van der Waals surface area contributed by atoms with E-state index >= 15 is 0 Å². The number of carbonyl (C=O) groups excluding carboxylic acids is 1. The lowest BCUT2D eigenvalue weighted by molar-refractivity contribution is 0.174. The quantitative estimate of drug-likeness (QED) is 0.827. The van der Waals surface area contributed by atoms with Crippen LogP contribution in [0, 0.1) is 13.8 Å². The topological polar surface area (TPSA) is 68.8 Å². The molecule has 0 fully saturated rings. The Labute approximate surface area is 140 Å². The molecule has 2 aromatic carbocycles. The summed E-state index contributed by atoms with van der Waals surface area (Å²) in [4.78, 5) is 11.9. The standard InChI is InChI=1S/C18H20N2O4/c1-12-3-5-15(9-13(12)2)22-8-7-19-18(21)20-14-4-6-16-17(10-14)24-11-23-16/h3-6,9-10H,7-8,11H2,1-2H3,(H2,19,20,21). The monoisotopic (exact) mass is 328 g/mol. The number of aryl methyl sites for hydroxylation is 2. The molecule has 0 spiro atoms. The third-order valence-corrected chi connectivity index (χ3v) is 3.77. The first-order chi connectivity index (χ1) is 11.6. The third kappa shape index (κ3) is 3.90. The van der Waals surface area contributed by atoms with E-state index in [2.05, 4.69) is 17.6 Å². The fraction of sp³-hybridized carbons (Fsp3) is 0.278. The Kier molecular flexibility index (Phi) is 4.74. The van der Waals surface area contributed by atoms with Gasteiger partial charge in [0.05, 0.1) is 6.54 Å². The molecular formula is C18H20N2O4. The van der Waals surface area contributed by atoms with Crippen LogP contribution in [0.5, 0.6) is 17.2 Å². The van der Waals surface area contributed by atoms with Gasteiger partial charge in [-0.3, -0.25) is 0 Å². The van der Waals surface area contributed by atoms with Crippen LogP contribution in [0.4, 0.5) is 10.5 Å². The van der Waals surface area contributed by atoms with Crippen molar-refractivity contribution in [3.8, 4) is 17.2 Å². The molecule has 1 aliphatic heterocycles. The third-order valence-electron chi connectivity index (χ3n) is 3.77. The van der Waals surface area contributed by atoms with E-state index in [4.69, 9.17) is 14.2 Å². The average Bonchev–Trinajstić information content (AvgIpc) is 3.02. The zero-order chi connectivity index (χ0) is 16.9. The molecule has 0 bridgehead atoms. The van der Waals surface area contributed by atoms with Gasteiger partial charge in [0.15, 0.2) is 11.5 Å². The highest BCUT2D eigenvalue weighted by Crippen LogP contribution is 2.34. The second kappa shape index (κ2) is 7.12. The second-order valence-electron chi connectivity index (χ2n) is 5.54. The molecule has 6 heteroatoms. The largest absolute Gasteiger partial charge is 0.492 e. The molecule has 6 nitrogen and oxygen atoms in total. The summed E-state index contributed by atoms with van der Waals surface area (Å²) in [6.07, 6.45) is 0. The highest BCUT2D eigenvalue weighted by Gasteiger charge is 2.13. The fourth-order valence-electron chi connectivity index (χ4n) is 2.29. The van der Waals surface area contributed by atoms with Gasteiger partial charge in [-0.15, -0.1) is 0 Å². The van der Waals surface area contributed by atoms with Crippen LogP contribution in [0.2, 0.25) is 0 Å². The van der Waals surface area contributed by atoms with Gasteiger partial charge in [0, 0.05) is 11.8 Å². The molecule has 2 N–H and O–H groups in total. The van der Waals surface area contributed by atoms with E-state index in [1.165, 1.54) is 11.1 Å². The van der Waals surface area contributed by atoms with Crippen LogP contribution in [0.1, 0.15) is 11.1 Å². The van der Waals surface area contributed by atoms with Crippen molar-refractivity contribution in [3.63, 3.8) is 0 Å². The van der Waals surface area contributed by atoms with E-state index in [-0.39, 0.29) is 12.8 Å². The van der Waals surface area contributed by atoms with Gasteiger partial charge in [0.1, 0.15) is 12.4 Å². The summed E-state index contributed by atoms with van der Waals surface area (Å²) >= 11 is 0. The molecule has 1 aliphatic rings. The van der Waals surface area contributed by atoms with Gasteiger partial charge in [-0.25, -0.2) is 4.79 Å². The van der Waals surface area contributed by atoms with Gasteiger partial charge in [-0.1, -0.05) is 6.07 Å². The van der Waals surface area contributed by atoms with Gasteiger partial charge in [0.25, 0.3) is 0 Å². The van der Waals surface area contributed by atoms with Crippen molar-refractivity contribution in [2.24, 2.45) is 0 Å². The molecule has 0 saturated carbocycles. The number of hydrogen-bond acceptors (Lipinski definition) is 4. The van der Waals surface area contributed by atoms with Crippen molar-refractivity contribution >= 4 is 11.7 Å². The van der Waals surface area contributed by atoms with Crippen molar-refractivity contribution in [1.82, 2.24) is 5.32 Å². The molecular weight excluding hydrogens is 308 g/mol. The summed E-state index contributed by atoms with van der Waals surface area (Å²) in [5, 5.41) is 5.49. The molecule has 0 saturated heterocycles. The highest BCUT2D eigenvalue weighted by molar-refractivity contribution is 5.89. The molecule has 0 atom stereocenters. The smallest absolute Gasteiger partial charge is 0.319 e. The van der Waals surface area contributed by atoms with Crippen LogP contribution in [0.25, 0.3) is 0 Å². The summed E-state index contributed by atoms with van der Waals surface area (Å²) in [5.74, 6) is 2.12. The number of benzene rings is 2. The number of hydrogen-bond donors (Lipinski definition) is 2. The molecule has 24 heavy (non-hydrogen) atoms. The Morgan fingerprint density at radius 2 is 1.92 bits per heavy atom. The minimum absolute atomic E-state index is 0.209. The van der Waals surface area contributed by atoms with Crippen LogP contribution in [-0.4, -0.2) is 26.0 Å². The van der Waals surface area contributed by atoms with Crippen LogP contribution in [0.15, 0.2) is 36.4 Å². The molecule has 126 valence electrons. The average molecular weight is 328 g/mol. The van der Waals surface area contributed by atoms with Gasteiger partial charge in [-0.05, 0) is 49.2 Å². The first kappa shape index (κ1) is 16.0. The number of rotatable bonds is 5. The summed E-state index contributed by atoms with van der Waals surface area (Å²) < 4.78 is 16.1. The molecule has 1 heterocycles. The first-order valence-electron chi connectivity index (χ1n) is 7.76. The number of nitrogens with one attached hydrogen (secondary N) is 2. The Hall–Kier alpha value is -2.89. The van der Waals surface area contributed by atoms with Gasteiger partial charge in [0.2, 0.25) is 6.79 Å². The van der Waals surface area contributed by atoms with E-state index < -0.39 is 0 Å². The SMILES string of the molecule is Cc1ccc(OCCNC(=O)Nc2ccc3c(c2)OCO3)cc1C. The van der Waals surface area contributed by atoms with Crippen LogP contribution in [-0.2, 0) is 0 Å². The van der Waals surface area contributed by atoms with Crippen molar-refractivity contribution < 1.29 is 19.0 Å². The lowest BCUT2D eigenvalue weighted by Crippen LogP contribution is -2.32. The molecule has 0 unspecified atom stereocenters. The number of anilines is 1. The minimum Gasteiger partial charge on any atom is -0.492 e. The maximum Gasteiger partial charge on any atom is 0.319 e. The van der Waals surface area contributed by atoms with Crippen LogP contribution in [0.3, 0.4) is 0 Å². The lowest BCUT2D eigenvalue weighted by atomic mass is 10.1. The van der Waals surface area contributed by atoms with Gasteiger partial charge < -0.3 is 24.8 Å².